The van der Waals surface area contributed by atoms with Crippen molar-refractivity contribution in [2.45, 2.75) is 6.42 Å². The molecule has 9 heteroatoms. The largest absolute Gasteiger partial charge is 0.494 e. The molecule has 1 aromatic carbocycles. The number of hydrogen-bond acceptors (Lipinski definition) is 6. The van der Waals surface area contributed by atoms with Crippen LogP contribution >= 0.6 is 0 Å². The Kier molecular flexibility index (Phi) is 4.57. The summed E-state index contributed by atoms with van der Waals surface area (Å²) >= 11 is 0. The first-order valence-corrected chi connectivity index (χ1v) is 8.66. The monoisotopic (exact) mass is 370 g/mol. The van der Waals surface area contributed by atoms with E-state index in [1.165, 1.54) is 13.2 Å². The average molecular weight is 370 g/mol. The molecule has 2 aromatic heterocycles. The lowest BCUT2D eigenvalue weighted by Crippen LogP contribution is -2.49. The molecule has 0 atom stereocenters. The fourth-order valence-electron chi connectivity index (χ4n) is 3.17. The highest BCUT2D eigenvalue weighted by atomic mass is 19.1. The van der Waals surface area contributed by atoms with Gasteiger partial charge in [-0.25, -0.2) is 4.39 Å². The molecule has 0 saturated carbocycles. The van der Waals surface area contributed by atoms with Gasteiger partial charge in [0.05, 0.1) is 13.5 Å². The van der Waals surface area contributed by atoms with Crippen LogP contribution < -0.4 is 9.64 Å². The third-order valence-electron chi connectivity index (χ3n) is 4.67. The second-order valence-electron chi connectivity index (χ2n) is 6.34. The first-order valence-electron chi connectivity index (χ1n) is 8.66. The lowest BCUT2D eigenvalue weighted by molar-refractivity contribution is -0.130. The van der Waals surface area contributed by atoms with E-state index >= 15 is 0 Å². The number of benzene rings is 1. The van der Waals surface area contributed by atoms with E-state index in [0.29, 0.717) is 31.8 Å². The molecule has 1 aliphatic rings. The quantitative estimate of drug-likeness (QED) is 0.686. The third kappa shape index (κ3) is 3.53. The van der Waals surface area contributed by atoms with E-state index in [9.17, 15) is 9.18 Å². The zero-order valence-electron chi connectivity index (χ0n) is 14.9. The highest BCUT2D eigenvalue weighted by Crippen LogP contribution is 2.20. The minimum Gasteiger partial charge on any atom is -0.494 e. The summed E-state index contributed by atoms with van der Waals surface area (Å²) in [4.78, 5) is 16.5. The number of piperazine rings is 1. The lowest BCUT2D eigenvalue weighted by Gasteiger charge is -2.35. The Labute approximate surface area is 155 Å². The maximum atomic E-state index is 13.5. The summed E-state index contributed by atoms with van der Waals surface area (Å²) in [6.45, 7) is 2.61. The average Bonchev–Trinajstić information content (AvgIpc) is 3.17. The summed E-state index contributed by atoms with van der Waals surface area (Å²) < 4.78 is 20.1. The normalized spacial score (nSPS) is 14.6. The minimum absolute atomic E-state index is 0.0190. The van der Waals surface area contributed by atoms with Gasteiger partial charge >= 0.3 is 0 Å². The van der Waals surface area contributed by atoms with Gasteiger partial charge in [0.25, 0.3) is 0 Å². The van der Waals surface area contributed by atoms with E-state index in [1.807, 2.05) is 17.0 Å². The van der Waals surface area contributed by atoms with Crippen molar-refractivity contribution in [3.05, 3.63) is 48.0 Å². The van der Waals surface area contributed by atoms with Crippen LogP contribution in [-0.4, -0.2) is 63.9 Å². The number of fused-ring (bicyclic) bond motifs is 1. The molecular weight excluding hydrogens is 351 g/mol. The van der Waals surface area contributed by atoms with E-state index in [-0.39, 0.29) is 18.1 Å². The molecule has 27 heavy (non-hydrogen) atoms. The number of ether oxygens (including phenoxy) is 1. The summed E-state index contributed by atoms with van der Waals surface area (Å²) in [6, 6.07) is 8.29. The molecule has 0 radical (unpaired) electrons. The van der Waals surface area contributed by atoms with Crippen molar-refractivity contribution in [1.82, 2.24) is 24.7 Å². The molecule has 1 amide bonds. The van der Waals surface area contributed by atoms with Gasteiger partial charge in [-0.05, 0) is 29.8 Å². The van der Waals surface area contributed by atoms with Crippen LogP contribution in [0.1, 0.15) is 5.56 Å². The smallest absolute Gasteiger partial charge is 0.227 e. The molecule has 0 bridgehead atoms. The first kappa shape index (κ1) is 17.2. The number of hydrogen-bond donors (Lipinski definition) is 0. The van der Waals surface area contributed by atoms with Crippen LogP contribution in [-0.2, 0) is 11.2 Å². The van der Waals surface area contributed by atoms with Gasteiger partial charge in [-0.3, -0.25) is 4.79 Å². The zero-order chi connectivity index (χ0) is 18.8. The number of anilines is 1. The van der Waals surface area contributed by atoms with Gasteiger partial charge in [-0.2, -0.15) is 4.52 Å². The molecule has 4 rings (SSSR count). The van der Waals surface area contributed by atoms with Crippen LogP contribution in [0.5, 0.6) is 5.75 Å². The third-order valence-corrected chi connectivity index (χ3v) is 4.67. The fraction of sp³-hybridized carbons (Fsp3) is 0.333. The van der Waals surface area contributed by atoms with E-state index in [2.05, 4.69) is 20.2 Å². The topological polar surface area (TPSA) is 75.9 Å². The van der Waals surface area contributed by atoms with Crippen molar-refractivity contribution in [2.75, 3.05) is 38.2 Å². The number of rotatable bonds is 4. The molecule has 8 nitrogen and oxygen atoms in total. The Bertz CT molecular complexity index is 967. The van der Waals surface area contributed by atoms with Crippen LogP contribution in [0.15, 0.2) is 36.7 Å². The highest BCUT2D eigenvalue weighted by molar-refractivity contribution is 5.79. The van der Waals surface area contributed by atoms with Crippen LogP contribution in [0, 0.1) is 5.82 Å². The van der Waals surface area contributed by atoms with Crippen molar-refractivity contribution in [3.8, 4) is 5.75 Å². The fourth-order valence-corrected chi connectivity index (χ4v) is 3.17. The molecule has 1 fully saturated rings. The molecule has 0 spiro atoms. The van der Waals surface area contributed by atoms with Crippen LogP contribution in [0.2, 0.25) is 0 Å². The SMILES string of the molecule is COc1cc(CC(=O)N2CCN(c3ccc4nncn4n3)CC2)ccc1F. The number of methoxy groups -OCH3 is 1. The standard InChI is InChI=1S/C18H19FN6O2/c1-27-15-10-13(2-3-14(15)19)11-18(26)24-8-6-23(7-9-24)17-5-4-16-21-20-12-25(16)22-17/h2-5,10,12H,6-9,11H2,1H3. The van der Waals surface area contributed by atoms with Crippen molar-refractivity contribution >= 4 is 17.4 Å². The Morgan fingerprint density at radius 3 is 2.78 bits per heavy atom. The lowest BCUT2D eigenvalue weighted by atomic mass is 10.1. The van der Waals surface area contributed by atoms with Gasteiger partial charge in [0, 0.05) is 26.2 Å². The highest BCUT2D eigenvalue weighted by Gasteiger charge is 2.22. The minimum atomic E-state index is -0.431. The van der Waals surface area contributed by atoms with Gasteiger partial charge in [0.2, 0.25) is 5.91 Å². The molecule has 0 unspecified atom stereocenters. The number of carbonyl (C=O) groups is 1. The summed E-state index contributed by atoms with van der Waals surface area (Å²) in [6.07, 6.45) is 1.79. The zero-order valence-corrected chi connectivity index (χ0v) is 14.9. The molecule has 3 heterocycles. The number of carbonyl (C=O) groups excluding carboxylic acids is 1. The summed E-state index contributed by atoms with van der Waals surface area (Å²) in [5, 5.41) is 12.3. The second kappa shape index (κ2) is 7.18. The Balaban J connectivity index is 1.37. The van der Waals surface area contributed by atoms with Crippen LogP contribution in [0.4, 0.5) is 10.2 Å². The van der Waals surface area contributed by atoms with Crippen molar-refractivity contribution in [3.63, 3.8) is 0 Å². The van der Waals surface area contributed by atoms with Crippen LogP contribution in [0.25, 0.3) is 5.65 Å². The summed E-state index contributed by atoms with van der Waals surface area (Å²) in [5.41, 5.74) is 1.43. The van der Waals surface area contributed by atoms with Gasteiger partial charge in [-0.15, -0.1) is 15.3 Å². The summed E-state index contributed by atoms with van der Waals surface area (Å²) in [7, 11) is 1.41. The number of halogens is 1. The Morgan fingerprint density at radius 1 is 1.19 bits per heavy atom. The van der Waals surface area contributed by atoms with Crippen LogP contribution in [0.3, 0.4) is 0 Å². The Morgan fingerprint density at radius 2 is 2.00 bits per heavy atom. The number of nitrogens with zero attached hydrogens (tertiary/aromatic N) is 6. The van der Waals surface area contributed by atoms with Crippen molar-refractivity contribution in [2.24, 2.45) is 0 Å². The Hall–Kier alpha value is -3.23. The number of aromatic nitrogens is 4. The van der Waals surface area contributed by atoms with Gasteiger partial charge in [0.15, 0.2) is 17.2 Å². The predicted molar refractivity (Wildman–Crippen MR) is 96.2 cm³/mol. The molecule has 3 aromatic rings. The maximum Gasteiger partial charge on any atom is 0.227 e. The molecule has 0 aliphatic carbocycles. The van der Waals surface area contributed by atoms with Gasteiger partial charge in [0.1, 0.15) is 12.1 Å². The maximum absolute atomic E-state index is 13.5. The van der Waals surface area contributed by atoms with E-state index in [4.69, 9.17) is 4.74 Å². The first-order chi connectivity index (χ1) is 13.1. The molecule has 1 saturated heterocycles. The van der Waals surface area contributed by atoms with Gasteiger partial charge < -0.3 is 14.5 Å². The second-order valence-corrected chi connectivity index (χ2v) is 6.34. The molecule has 0 N–H and O–H groups in total. The van der Waals surface area contributed by atoms with Crippen molar-refractivity contribution < 1.29 is 13.9 Å². The number of amides is 1. The van der Waals surface area contributed by atoms with E-state index < -0.39 is 5.82 Å². The molecular formula is C18H19FN6O2. The van der Waals surface area contributed by atoms with E-state index in [0.717, 1.165) is 11.4 Å². The predicted octanol–water partition coefficient (Wildman–Crippen LogP) is 1.16. The molecule has 140 valence electrons. The van der Waals surface area contributed by atoms with Gasteiger partial charge in [-0.1, -0.05) is 6.07 Å². The molecule has 1 aliphatic heterocycles. The van der Waals surface area contributed by atoms with E-state index in [1.54, 1.807) is 23.0 Å². The van der Waals surface area contributed by atoms with Crippen molar-refractivity contribution in [1.29, 1.82) is 0 Å². The summed E-state index contributed by atoms with van der Waals surface area (Å²) in [5.74, 6) is 0.573.